The molecule has 0 bridgehead atoms. The lowest BCUT2D eigenvalue weighted by Gasteiger charge is -2.21. The Morgan fingerprint density at radius 2 is 2.15 bits per heavy atom. The third-order valence-electron chi connectivity index (χ3n) is 4.32. The lowest BCUT2D eigenvalue weighted by atomic mass is 10.1. The van der Waals surface area contributed by atoms with Crippen molar-refractivity contribution in [3.63, 3.8) is 0 Å². The van der Waals surface area contributed by atoms with Crippen LogP contribution in [-0.2, 0) is 11.8 Å². The van der Waals surface area contributed by atoms with Gasteiger partial charge < -0.3 is 15.5 Å². The zero-order valence-electron chi connectivity index (χ0n) is 14.7. The van der Waals surface area contributed by atoms with Crippen molar-refractivity contribution >= 4 is 48.0 Å². The van der Waals surface area contributed by atoms with E-state index in [-0.39, 0.29) is 42.8 Å². The van der Waals surface area contributed by atoms with Gasteiger partial charge in [0.05, 0.1) is 6.20 Å². The molecule has 6 nitrogen and oxygen atoms in total. The van der Waals surface area contributed by atoms with Crippen LogP contribution in [0.15, 0.2) is 36.7 Å². The average Bonchev–Trinajstić information content (AvgIpc) is 3.18. The number of rotatable bonds is 5. The van der Waals surface area contributed by atoms with Gasteiger partial charge in [0.1, 0.15) is 6.04 Å². The largest absolute Gasteiger partial charge is 0.369 e. The highest BCUT2D eigenvalue weighted by Gasteiger charge is 2.27. The maximum Gasteiger partial charge on any atom is 0.242 e. The van der Waals surface area contributed by atoms with Gasteiger partial charge in [0, 0.05) is 48.6 Å². The van der Waals surface area contributed by atoms with Crippen LogP contribution >= 0.6 is 36.4 Å². The van der Waals surface area contributed by atoms with E-state index in [2.05, 4.69) is 20.6 Å². The molecule has 26 heavy (non-hydrogen) atoms. The van der Waals surface area contributed by atoms with E-state index in [1.807, 2.05) is 37.5 Å². The molecule has 0 aliphatic carbocycles. The molecule has 144 valence electrons. The number of nitrogens with one attached hydrogen (secondary N) is 2. The van der Waals surface area contributed by atoms with Crippen LogP contribution in [0.1, 0.15) is 18.0 Å². The molecule has 1 saturated heterocycles. The predicted octanol–water partition coefficient (Wildman–Crippen LogP) is 2.57. The van der Waals surface area contributed by atoms with Crippen LogP contribution in [0.3, 0.4) is 0 Å². The summed E-state index contributed by atoms with van der Waals surface area (Å²) in [5, 5.41) is 11.1. The van der Waals surface area contributed by atoms with Gasteiger partial charge in [0.2, 0.25) is 5.91 Å². The number of likely N-dealkylation sites (N-methyl/N-ethyl adjacent to an activating group) is 1. The topological polar surface area (TPSA) is 62.2 Å². The Bertz CT molecular complexity index is 724. The number of aryl methyl sites for hydroxylation is 1. The first-order valence-corrected chi connectivity index (χ1v) is 8.41. The number of amides is 1. The van der Waals surface area contributed by atoms with E-state index in [1.54, 1.807) is 17.9 Å². The SMILES string of the molecule is CNC(C(=O)NC1CCN(c2cccc(Cl)c2)C1)c1cnn(C)c1.Cl.Cl. The first kappa shape index (κ1) is 22.6. The van der Waals surface area contributed by atoms with Crippen molar-refractivity contribution in [1.82, 2.24) is 20.4 Å². The van der Waals surface area contributed by atoms with E-state index in [1.165, 1.54) is 0 Å². The molecule has 1 amide bonds. The number of hydrogen-bond acceptors (Lipinski definition) is 4. The van der Waals surface area contributed by atoms with E-state index >= 15 is 0 Å². The van der Waals surface area contributed by atoms with E-state index in [0.717, 1.165) is 35.8 Å². The third kappa shape index (κ3) is 5.27. The van der Waals surface area contributed by atoms with Crippen LogP contribution in [0, 0.1) is 0 Å². The molecule has 2 aromatic rings. The Kier molecular flexibility index (Phi) is 8.70. The fraction of sp³-hybridized carbons (Fsp3) is 0.412. The Balaban J connectivity index is 0.00000169. The van der Waals surface area contributed by atoms with Gasteiger partial charge in [-0.2, -0.15) is 5.10 Å². The maximum atomic E-state index is 12.6. The number of hydrogen-bond donors (Lipinski definition) is 2. The molecule has 1 aromatic carbocycles. The van der Waals surface area contributed by atoms with Gasteiger partial charge in [0.15, 0.2) is 0 Å². The first-order chi connectivity index (χ1) is 11.6. The highest BCUT2D eigenvalue weighted by Crippen LogP contribution is 2.24. The monoisotopic (exact) mass is 419 g/mol. The fourth-order valence-corrected chi connectivity index (χ4v) is 3.29. The van der Waals surface area contributed by atoms with Crippen molar-refractivity contribution in [2.24, 2.45) is 7.05 Å². The smallest absolute Gasteiger partial charge is 0.242 e. The molecule has 0 radical (unpaired) electrons. The molecule has 1 fully saturated rings. The van der Waals surface area contributed by atoms with E-state index < -0.39 is 0 Å². The van der Waals surface area contributed by atoms with Crippen LogP contribution in [0.4, 0.5) is 5.69 Å². The summed E-state index contributed by atoms with van der Waals surface area (Å²) >= 11 is 6.06. The Morgan fingerprint density at radius 1 is 1.38 bits per heavy atom. The summed E-state index contributed by atoms with van der Waals surface area (Å²) in [4.78, 5) is 14.8. The normalized spacial score (nSPS) is 17.2. The number of aromatic nitrogens is 2. The van der Waals surface area contributed by atoms with Gasteiger partial charge >= 0.3 is 0 Å². The Labute approximate surface area is 171 Å². The summed E-state index contributed by atoms with van der Waals surface area (Å²) in [6.07, 6.45) is 4.49. The van der Waals surface area contributed by atoms with Crippen molar-refractivity contribution in [1.29, 1.82) is 0 Å². The lowest BCUT2D eigenvalue weighted by molar-refractivity contribution is -0.123. The van der Waals surface area contributed by atoms with Gasteiger partial charge in [0.25, 0.3) is 0 Å². The van der Waals surface area contributed by atoms with Gasteiger partial charge in [-0.1, -0.05) is 17.7 Å². The second-order valence-electron chi connectivity index (χ2n) is 6.09. The number of carbonyl (C=O) groups excluding carboxylic acids is 1. The molecular formula is C17H24Cl3N5O. The second kappa shape index (κ2) is 10.0. The highest BCUT2D eigenvalue weighted by molar-refractivity contribution is 6.30. The molecule has 1 aliphatic heterocycles. The number of anilines is 1. The van der Waals surface area contributed by atoms with Crippen molar-refractivity contribution < 1.29 is 4.79 Å². The molecule has 1 aromatic heterocycles. The molecule has 3 rings (SSSR count). The van der Waals surface area contributed by atoms with Gasteiger partial charge in [-0.15, -0.1) is 24.8 Å². The van der Waals surface area contributed by atoms with Crippen molar-refractivity contribution in [3.8, 4) is 0 Å². The minimum Gasteiger partial charge on any atom is -0.369 e. The van der Waals surface area contributed by atoms with Crippen molar-refractivity contribution in [2.45, 2.75) is 18.5 Å². The minimum atomic E-state index is -0.390. The molecule has 0 saturated carbocycles. The molecule has 2 atom stereocenters. The van der Waals surface area contributed by atoms with E-state index in [4.69, 9.17) is 11.6 Å². The Morgan fingerprint density at radius 3 is 2.77 bits per heavy atom. The van der Waals surface area contributed by atoms with E-state index in [0.29, 0.717) is 0 Å². The molecule has 0 spiro atoms. The van der Waals surface area contributed by atoms with Crippen LogP contribution in [0.25, 0.3) is 0 Å². The molecule has 2 heterocycles. The summed E-state index contributed by atoms with van der Waals surface area (Å²) < 4.78 is 1.70. The summed E-state index contributed by atoms with van der Waals surface area (Å²) in [6.45, 7) is 1.69. The fourth-order valence-electron chi connectivity index (χ4n) is 3.11. The molecule has 1 aliphatic rings. The van der Waals surface area contributed by atoms with Crippen molar-refractivity contribution in [2.75, 3.05) is 25.0 Å². The summed E-state index contributed by atoms with van der Waals surface area (Å²) in [5.74, 6) is -0.0246. The molecular weight excluding hydrogens is 397 g/mol. The third-order valence-corrected chi connectivity index (χ3v) is 4.55. The van der Waals surface area contributed by atoms with E-state index in [9.17, 15) is 4.79 Å². The Hall–Kier alpha value is -1.47. The quantitative estimate of drug-likeness (QED) is 0.780. The zero-order chi connectivity index (χ0) is 17.1. The zero-order valence-corrected chi connectivity index (χ0v) is 17.1. The number of benzene rings is 1. The van der Waals surface area contributed by atoms with Gasteiger partial charge in [-0.3, -0.25) is 9.48 Å². The molecule has 2 unspecified atom stereocenters. The van der Waals surface area contributed by atoms with Crippen LogP contribution < -0.4 is 15.5 Å². The lowest BCUT2D eigenvalue weighted by Crippen LogP contribution is -2.43. The maximum absolute atomic E-state index is 12.6. The predicted molar refractivity (Wildman–Crippen MR) is 110 cm³/mol. The number of halogens is 3. The molecule has 2 N–H and O–H groups in total. The average molecular weight is 421 g/mol. The van der Waals surface area contributed by atoms with Crippen molar-refractivity contribution in [3.05, 3.63) is 47.2 Å². The minimum absolute atomic E-state index is 0. The van der Waals surface area contributed by atoms with Gasteiger partial charge in [-0.25, -0.2) is 0 Å². The van der Waals surface area contributed by atoms with Crippen LogP contribution in [0.2, 0.25) is 5.02 Å². The van der Waals surface area contributed by atoms with Gasteiger partial charge in [-0.05, 0) is 31.7 Å². The first-order valence-electron chi connectivity index (χ1n) is 8.03. The summed E-state index contributed by atoms with van der Waals surface area (Å²) in [6, 6.07) is 7.55. The standard InChI is InChI=1S/C17H22ClN5O.2ClH/c1-19-16(12-9-20-22(2)10-12)17(24)21-14-6-7-23(11-14)15-5-3-4-13(18)8-15;;/h3-5,8-10,14,16,19H,6-7,11H2,1-2H3,(H,21,24);2*1H. The van der Waals surface area contributed by atoms with Crippen LogP contribution in [0.5, 0.6) is 0 Å². The van der Waals surface area contributed by atoms with Crippen LogP contribution in [-0.4, -0.2) is 41.9 Å². The number of nitrogens with zero attached hydrogens (tertiary/aromatic N) is 3. The summed E-state index contributed by atoms with van der Waals surface area (Å²) in [5.41, 5.74) is 1.96. The number of carbonyl (C=O) groups is 1. The molecule has 9 heteroatoms. The highest BCUT2D eigenvalue weighted by atomic mass is 35.5. The second-order valence-corrected chi connectivity index (χ2v) is 6.53. The summed E-state index contributed by atoms with van der Waals surface area (Å²) in [7, 11) is 3.62.